The molecule has 0 atom stereocenters. The zero-order valence-electron chi connectivity index (χ0n) is 10.2. The lowest BCUT2D eigenvalue weighted by Crippen LogP contribution is -2.13. The molecule has 0 saturated heterocycles. The predicted molar refractivity (Wildman–Crippen MR) is 68.8 cm³/mol. The minimum atomic E-state index is -0.332. The largest absolute Gasteiger partial charge is 0.495 e. The van der Waals surface area contributed by atoms with Crippen molar-refractivity contribution in [3.05, 3.63) is 41.9 Å². The Balaban J connectivity index is 2.27. The molecule has 18 heavy (non-hydrogen) atoms. The quantitative estimate of drug-likeness (QED) is 0.815. The van der Waals surface area contributed by atoms with Gasteiger partial charge in [-0.1, -0.05) is 0 Å². The highest BCUT2D eigenvalue weighted by Crippen LogP contribution is 2.27. The lowest BCUT2D eigenvalue weighted by atomic mass is 10.2. The third kappa shape index (κ3) is 2.29. The Morgan fingerprint density at radius 3 is 2.78 bits per heavy atom. The Morgan fingerprint density at radius 1 is 1.39 bits per heavy atom. The monoisotopic (exact) mass is 246 g/mol. The Morgan fingerprint density at radius 2 is 2.17 bits per heavy atom. The van der Waals surface area contributed by atoms with Gasteiger partial charge in [-0.25, -0.2) is 0 Å². The van der Waals surface area contributed by atoms with Crippen molar-refractivity contribution in [2.75, 3.05) is 18.2 Å². The zero-order valence-corrected chi connectivity index (χ0v) is 10.2. The fraction of sp³-hybridized carbons (Fsp3) is 0.154. The van der Waals surface area contributed by atoms with E-state index in [1.165, 1.54) is 13.4 Å². The number of anilines is 2. The summed E-state index contributed by atoms with van der Waals surface area (Å²) in [7, 11) is 1.53. The second kappa shape index (κ2) is 4.83. The van der Waals surface area contributed by atoms with Crippen LogP contribution in [0.4, 0.5) is 11.4 Å². The maximum atomic E-state index is 12.0. The van der Waals surface area contributed by atoms with Crippen molar-refractivity contribution in [3.8, 4) is 5.75 Å². The third-order valence-electron chi connectivity index (χ3n) is 2.54. The van der Waals surface area contributed by atoms with Crippen molar-refractivity contribution in [1.82, 2.24) is 0 Å². The topological polar surface area (TPSA) is 77.5 Å². The van der Waals surface area contributed by atoms with Crippen LogP contribution in [0.1, 0.15) is 16.1 Å². The molecule has 94 valence electrons. The average molecular weight is 246 g/mol. The van der Waals surface area contributed by atoms with E-state index in [0.29, 0.717) is 17.1 Å². The van der Waals surface area contributed by atoms with Gasteiger partial charge in [-0.05, 0) is 31.2 Å². The molecule has 0 radical (unpaired) electrons. The number of rotatable bonds is 3. The van der Waals surface area contributed by atoms with Crippen LogP contribution in [0.5, 0.6) is 5.75 Å². The molecule has 1 aromatic heterocycles. The molecule has 5 heteroatoms. The van der Waals surface area contributed by atoms with Crippen LogP contribution in [0.3, 0.4) is 0 Å². The fourth-order valence-electron chi connectivity index (χ4n) is 1.61. The summed E-state index contributed by atoms with van der Waals surface area (Å²) in [4.78, 5) is 12.0. The first-order valence-corrected chi connectivity index (χ1v) is 5.41. The number of nitrogens with two attached hydrogens (primary N) is 1. The van der Waals surface area contributed by atoms with Gasteiger partial charge >= 0.3 is 0 Å². The number of nitrogen functional groups attached to an aromatic ring is 1. The molecule has 3 N–H and O–H groups in total. The van der Waals surface area contributed by atoms with E-state index in [0.717, 1.165) is 5.56 Å². The van der Waals surface area contributed by atoms with Gasteiger partial charge in [0, 0.05) is 11.3 Å². The van der Waals surface area contributed by atoms with Crippen LogP contribution in [-0.2, 0) is 0 Å². The van der Waals surface area contributed by atoms with Gasteiger partial charge in [-0.15, -0.1) is 0 Å². The number of methoxy groups -OCH3 is 1. The fourth-order valence-corrected chi connectivity index (χ4v) is 1.61. The van der Waals surface area contributed by atoms with Gasteiger partial charge < -0.3 is 20.2 Å². The summed E-state index contributed by atoms with van der Waals surface area (Å²) < 4.78 is 10.3. The normalized spacial score (nSPS) is 10.1. The first-order chi connectivity index (χ1) is 8.61. The van der Waals surface area contributed by atoms with Crippen LogP contribution in [0.25, 0.3) is 0 Å². The van der Waals surface area contributed by atoms with Crippen molar-refractivity contribution >= 4 is 17.3 Å². The summed E-state index contributed by atoms with van der Waals surface area (Å²) >= 11 is 0. The molecule has 0 bridgehead atoms. The van der Waals surface area contributed by atoms with Gasteiger partial charge in [0.15, 0.2) is 5.76 Å². The highest BCUT2D eigenvalue weighted by atomic mass is 16.5. The maximum absolute atomic E-state index is 12.0. The van der Waals surface area contributed by atoms with Crippen molar-refractivity contribution in [1.29, 1.82) is 0 Å². The molecule has 1 amide bonds. The molecular weight excluding hydrogens is 232 g/mol. The van der Waals surface area contributed by atoms with Crippen molar-refractivity contribution in [3.63, 3.8) is 0 Å². The van der Waals surface area contributed by atoms with Crippen LogP contribution in [0, 0.1) is 6.92 Å². The SMILES string of the molecule is COc1ccc(N)cc1NC(=O)c1occc1C. The van der Waals surface area contributed by atoms with Gasteiger partial charge in [0.05, 0.1) is 19.1 Å². The van der Waals surface area contributed by atoms with E-state index in [4.69, 9.17) is 14.9 Å². The van der Waals surface area contributed by atoms with Gasteiger partial charge in [-0.3, -0.25) is 4.79 Å². The van der Waals surface area contributed by atoms with Crippen LogP contribution in [-0.4, -0.2) is 13.0 Å². The van der Waals surface area contributed by atoms with Crippen LogP contribution < -0.4 is 15.8 Å². The lowest BCUT2D eigenvalue weighted by Gasteiger charge is -2.10. The number of aryl methyl sites for hydroxylation is 1. The molecule has 0 spiro atoms. The Labute approximate surface area is 105 Å². The first-order valence-electron chi connectivity index (χ1n) is 5.41. The molecule has 0 saturated carbocycles. The molecule has 1 heterocycles. The second-order valence-corrected chi connectivity index (χ2v) is 3.85. The van der Waals surface area contributed by atoms with E-state index in [1.807, 2.05) is 0 Å². The number of hydrogen-bond acceptors (Lipinski definition) is 4. The molecular formula is C13H14N2O3. The van der Waals surface area contributed by atoms with Crippen molar-refractivity contribution < 1.29 is 13.9 Å². The summed E-state index contributed by atoms with van der Waals surface area (Å²) in [5, 5.41) is 2.71. The number of carbonyl (C=O) groups excluding carboxylic acids is 1. The first kappa shape index (κ1) is 12.0. The number of benzene rings is 1. The summed E-state index contributed by atoms with van der Waals surface area (Å²) in [5.74, 6) is 0.489. The molecule has 2 aromatic rings. The highest BCUT2D eigenvalue weighted by Gasteiger charge is 2.14. The van der Waals surface area contributed by atoms with Crippen LogP contribution in [0.15, 0.2) is 34.9 Å². The smallest absolute Gasteiger partial charge is 0.291 e. The van der Waals surface area contributed by atoms with E-state index in [2.05, 4.69) is 5.32 Å². The van der Waals surface area contributed by atoms with Gasteiger partial charge in [0.1, 0.15) is 5.75 Å². The molecule has 0 aliphatic heterocycles. The van der Waals surface area contributed by atoms with Gasteiger partial charge in [0.2, 0.25) is 0 Å². The summed E-state index contributed by atoms with van der Waals surface area (Å²) in [5.41, 5.74) is 7.51. The summed E-state index contributed by atoms with van der Waals surface area (Å²) in [6, 6.07) is 6.76. The Kier molecular flexibility index (Phi) is 3.23. The lowest BCUT2D eigenvalue weighted by molar-refractivity contribution is 0.0995. The van der Waals surface area contributed by atoms with E-state index < -0.39 is 0 Å². The minimum absolute atomic E-state index is 0.277. The molecule has 0 aliphatic rings. The number of ether oxygens (including phenoxy) is 1. The standard InChI is InChI=1S/C13H14N2O3/c1-8-5-6-18-12(8)13(16)15-10-7-9(14)3-4-11(10)17-2/h3-7H,14H2,1-2H3,(H,15,16). The number of amides is 1. The Bertz CT molecular complexity index is 575. The molecule has 0 unspecified atom stereocenters. The van der Waals surface area contributed by atoms with E-state index in [9.17, 15) is 4.79 Å². The number of hydrogen-bond donors (Lipinski definition) is 2. The predicted octanol–water partition coefficient (Wildman–Crippen LogP) is 2.43. The molecule has 0 aliphatic carbocycles. The molecule has 5 nitrogen and oxygen atoms in total. The van der Waals surface area contributed by atoms with Gasteiger partial charge in [-0.2, -0.15) is 0 Å². The van der Waals surface area contributed by atoms with Crippen LogP contribution >= 0.6 is 0 Å². The second-order valence-electron chi connectivity index (χ2n) is 3.85. The van der Waals surface area contributed by atoms with Crippen LogP contribution in [0.2, 0.25) is 0 Å². The number of nitrogens with one attached hydrogen (secondary N) is 1. The summed E-state index contributed by atoms with van der Waals surface area (Å²) in [6.45, 7) is 1.80. The maximum Gasteiger partial charge on any atom is 0.291 e. The molecule has 1 aromatic carbocycles. The number of carbonyl (C=O) groups is 1. The van der Waals surface area contributed by atoms with E-state index >= 15 is 0 Å². The average Bonchev–Trinajstić information content (AvgIpc) is 2.76. The molecule has 2 rings (SSSR count). The summed E-state index contributed by atoms with van der Waals surface area (Å²) in [6.07, 6.45) is 1.47. The Hall–Kier alpha value is -2.43. The van der Waals surface area contributed by atoms with Crippen molar-refractivity contribution in [2.45, 2.75) is 6.92 Å². The molecule has 0 fully saturated rings. The van der Waals surface area contributed by atoms with E-state index in [1.54, 1.807) is 31.2 Å². The number of furan rings is 1. The highest BCUT2D eigenvalue weighted by molar-refractivity contribution is 6.04. The minimum Gasteiger partial charge on any atom is -0.495 e. The van der Waals surface area contributed by atoms with Gasteiger partial charge in [0.25, 0.3) is 5.91 Å². The van der Waals surface area contributed by atoms with E-state index in [-0.39, 0.29) is 11.7 Å². The zero-order chi connectivity index (χ0) is 13.1. The third-order valence-corrected chi connectivity index (χ3v) is 2.54. The van der Waals surface area contributed by atoms with Crippen molar-refractivity contribution in [2.24, 2.45) is 0 Å².